The van der Waals surface area contributed by atoms with Crippen LogP contribution in [0.4, 0.5) is 17.1 Å². The van der Waals surface area contributed by atoms with Crippen molar-refractivity contribution in [2.75, 3.05) is 4.90 Å². The first-order chi connectivity index (χ1) is 17.0. The molecule has 1 amide bonds. The van der Waals surface area contributed by atoms with Gasteiger partial charge >= 0.3 is 0 Å². The standard InChI is InChI=1S/C25H15ClN4O4S/c26-20-15-27-12-11-21(20)28-25-29(17-6-2-1-3-7-17)24(31)23(35-25)14-19-9-10-22(34-19)16-5-4-8-18(13-16)30(32)33/h1-15H/b23-14+,28-25?. The monoisotopic (exact) mass is 502 g/mol. The summed E-state index contributed by atoms with van der Waals surface area (Å²) in [5.41, 5.74) is 1.68. The highest BCUT2D eigenvalue weighted by Crippen LogP contribution is 2.38. The Balaban J connectivity index is 1.51. The molecule has 5 rings (SSSR count). The van der Waals surface area contributed by atoms with Gasteiger partial charge < -0.3 is 4.42 Å². The lowest BCUT2D eigenvalue weighted by Crippen LogP contribution is -2.28. The highest BCUT2D eigenvalue weighted by atomic mass is 35.5. The topological polar surface area (TPSA) is 102 Å². The van der Waals surface area contributed by atoms with Crippen LogP contribution in [0.3, 0.4) is 0 Å². The predicted octanol–water partition coefficient (Wildman–Crippen LogP) is 6.71. The zero-order valence-electron chi connectivity index (χ0n) is 17.9. The molecule has 4 aromatic rings. The third kappa shape index (κ3) is 4.72. The number of amidine groups is 1. The molecule has 1 saturated heterocycles. The number of nitro groups is 1. The van der Waals surface area contributed by atoms with Gasteiger partial charge in [0.1, 0.15) is 11.5 Å². The highest BCUT2D eigenvalue weighted by molar-refractivity contribution is 8.19. The van der Waals surface area contributed by atoms with Crippen molar-refractivity contribution in [3.63, 3.8) is 0 Å². The lowest BCUT2D eigenvalue weighted by molar-refractivity contribution is -0.384. The largest absolute Gasteiger partial charge is 0.457 e. The van der Waals surface area contributed by atoms with Crippen LogP contribution in [0.2, 0.25) is 5.02 Å². The third-order valence-corrected chi connectivity index (χ3v) is 6.29. The van der Waals surface area contributed by atoms with Gasteiger partial charge in [-0.15, -0.1) is 0 Å². The fourth-order valence-electron chi connectivity index (χ4n) is 3.40. The number of rotatable bonds is 5. The number of non-ortho nitro benzene ring substituents is 1. The van der Waals surface area contributed by atoms with Gasteiger partial charge in [0.2, 0.25) is 0 Å². The first-order valence-corrected chi connectivity index (χ1v) is 11.5. The maximum Gasteiger partial charge on any atom is 0.271 e. The Labute approximate surface area is 208 Å². The number of benzene rings is 2. The second-order valence-corrected chi connectivity index (χ2v) is 8.73. The van der Waals surface area contributed by atoms with E-state index >= 15 is 0 Å². The van der Waals surface area contributed by atoms with Crippen LogP contribution in [0.25, 0.3) is 17.4 Å². The summed E-state index contributed by atoms with van der Waals surface area (Å²) in [5, 5.41) is 11.9. The Kier molecular flexibility index (Phi) is 6.17. The minimum absolute atomic E-state index is 0.0329. The summed E-state index contributed by atoms with van der Waals surface area (Å²) in [6.45, 7) is 0. The number of amides is 1. The van der Waals surface area contributed by atoms with Crippen LogP contribution in [-0.4, -0.2) is 21.0 Å². The Morgan fingerprint density at radius 1 is 1.09 bits per heavy atom. The maximum absolute atomic E-state index is 13.4. The lowest BCUT2D eigenvalue weighted by Gasteiger charge is -2.15. The van der Waals surface area contributed by atoms with Crippen LogP contribution in [0.15, 0.2) is 99.5 Å². The van der Waals surface area contributed by atoms with E-state index in [2.05, 4.69) is 9.98 Å². The van der Waals surface area contributed by atoms with Crippen LogP contribution >= 0.6 is 23.4 Å². The van der Waals surface area contributed by atoms with Crippen molar-refractivity contribution in [1.82, 2.24) is 4.98 Å². The fourth-order valence-corrected chi connectivity index (χ4v) is 4.54. The summed E-state index contributed by atoms with van der Waals surface area (Å²) in [6, 6.07) is 20.4. The van der Waals surface area contributed by atoms with Crippen LogP contribution in [-0.2, 0) is 4.79 Å². The number of nitrogens with zero attached hydrogens (tertiary/aromatic N) is 4. The summed E-state index contributed by atoms with van der Waals surface area (Å²) in [7, 11) is 0. The summed E-state index contributed by atoms with van der Waals surface area (Å²) >= 11 is 7.43. The summed E-state index contributed by atoms with van der Waals surface area (Å²) < 4.78 is 5.88. The molecule has 2 aromatic heterocycles. The molecule has 0 atom stereocenters. The average Bonchev–Trinajstić information content (AvgIpc) is 3.46. The van der Waals surface area contributed by atoms with Gasteiger partial charge in [-0.2, -0.15) is 0 Å². The molecule has 0 radical (unpaired) electrons. The molecule has 3 heterocycles. The molecule has 0 saturated carbocycles. The Morgan fingerprint density at radius 3 is 2.69 bits per heavy atom. The number of carbonyl (C=O) groups excluding carboxylic acids is 1. The molecule has 0 unspecified atom stereocenters. The van der Waals surface area contributed by atoms with Gasteiger partial charge in [-0.25, -0.2) is 4.99 Å². The molecule has 1 aliphatic heterocycles. The van der Waals surface area contributed by atoms with E-state index in [4.69, 9.17) is 16.0 Å². The van der Waals surface area contributed by atoms with Crippen LogP contribution in [0.5, 0.6) is 0 Å². The van der Waals surface area contributed by atoms with Crippen molar-refractivity contribution in [1.29, 1.82) is 0 Å². The number of aromatic nitrogens is 1. The molecule has 10 heteroatoms. The second kappa shape index (κ2) is 9.57. The first kappa shape index (κ1) is 22.6. The van der Waals surface area contributed by atoms with Crippen molar-refractivity contribution in [2.24, 2.45) is 4.99 Å². The lowest BCUT2D eigenvalue weighted by atomic mass is 10.1. The Morgan fingerprint density at radius 2 is 1.91 bits per heavy atom. The number of anilines is 1. The molecule has 2 aromatic carbocycles. The van der Waals surface area contributed by atoms with Gasteiger partial charge in [0.05, 0.1) is 26.2 Å². The van der Waals surface area contributed by atoms with E-state index in [1.807, 2.05) is 30.3 Å². The number of nitro benzene ring substituents is 1. The van der Waals surface area contributed by atoms with Gasteiger partial charge in [-0.3, -0.25) is 24.8 Å². The molecule has 172 valence electrons. The van der Waals surface area contributed by atoms with E-state index in [0.717, 1.165) is 0 Å². The van der Waals surface area contributed by atoms with Crippen molar-refractivity contribution in [2.45, 2.75) is 0 Å². The summed E-state index contributed by atoms with van der Waals surface area (Å²) in [5.74, 6) is 0.616. The first-order valence-electron chi connectivity index (χ1n) is 10.3. The number of para-hydroxylation sites is 1. The van der Waals surface area contributed by atoms with Gasteiger partial charge in [0.25, 0.3) is 11.6 Å². The predicted molar refractivity (Wildman–Crippen MR) is 137 cm³/mol. The van der Waals surface area contributed by atoms with Crippen molar-refractivity contribution < 1.29 is 14.1 Å². The van der Waals surface area contributed by atoms with E-state index in [1.165, 1.54) is 35.0 Å². The number of thioether (sulfide) groups is 1. The number of hydrogen-bond donors (Lipinski definition) is 0. The fraction of sp³-hybridized carbons (Fsp3) is 0. The number of hydrogen-bond acceptors (Lipinski definition) is 7. The second-order valence-electron chi connectivity index (χ2n) is 7.32. The van der Waals surface area contributed by atoms with Crippen LogP contribution < -0.4 is 4.90 Å². The molecular weight excluding hydrogens is 488 g/mol. The van der Waals surface area contributed by atoms with Crippen LogP contribution in [0, 0.1) is 10.1 Å². The van der Waals surface area contributed by atoms with E-state index < -0.39 is 4.92 Å². The van der Waals surface area contributed by atoms with Gasteiger partial charge in [-0.1, -0.05) is 41.9 Å². The van der Waals surface area contributed by atoms with Gasteiger partial charge in [-0.05, 0) is 42.1 Å². The minimum Gasteiger partial charge on any atom is -0.457 e. The van der Waals surface area contributed by atoms with Crippen molar-refractivity contribution >= 4 is 57.6 Å². The number of furan rings is 1. The quantitative estimate of drug-likeness (QED) is 0.171. The number of halogens is 1. The molecule has 35 heavy (non-hydrogen) atoms. The van der Waals surface area contributed by atoms with Crippen molar-refractivity contribution in [3.8, 4) is 11.3 Å². The minimum atomic E-state index is -0.461. The molecule has 1 aliphatic rings. The molecule has 0 spiro atoms. The summed E-state index contributed by atoms with van der Waals surface area (Å²) in [6.07, 6.45) is 4.69. The number of pyridine rings is 1. The molecular formula is C25H15ClN4O4S. The van der Waals surface area contributed by atoms with Crippen LogP contribution in [0.1, 0.15) is 5.76 Å². The third-order valence-electron chi connectivity index (χ3n) is 5.03. The maximum atomic E-state index is 13.4. The van der Waals surface area contributed by atoms with E-state index in [-0.39, 0.29) is 11.6 Å². The van der Waals surface area contributed by atoms with Gasteiger partial charge in [0, 0.05) is 36.2 Å². The zero-order chi connectivity index (χ0) is 24.4. The Bertz CT molecular complexity index is 1500. The smallest absolute Gasteiger partial charge is 0.271 e. The SMILES string of the molecule is O=C1/C(=C\c2ccc(-c3cccc([N+](=O)[O-])c3)o2)SC(=Nc2ccncc2Cl)N1c1ccccc1. The van der Waals surface area contributed by atoms with Crippen molar-refractivity contribution in [3.05, 3.63) is 111 Å². The van der Waals surface area contributed by atoms with E-state index in [1.54, 1.807) is 42.6 Å². The normalized spacial score (nSPS) is 15.8. The molecule has 1 fully saturated rings. The molecule has 0 N–H and O–H groups in total. The Hall–Kier alpha value is -4.21. The van der Waals surface area contributed by atoms with E-state index in [0.29, 0.717) is 43.6 Å². The van der Waals surface area contributed by atoms with Gasteiger partial charge in [0.15, 0.2) is 5.17 Å². The molecule has 0 aliphatic carbocycles. The number of carbonyl (C=O) groups is 1. The zero-order valence-corrected chi connectivity index (χ0v) is 19.4. The summed E-state index contributed by atoms with van der Waals surface area (Å²) in [4.78, 5) is 34.5. The average molecular weight is 503 g/mol. The highest BCUT2D eigenvalue weighted by Gasteiger charge is 2.35. The molecule has 0 bridgehead atoms. The molecule has 8 nitrogen and oxygen atoms in total. The number of aliphatic imine (C=N–C) groups is 1. The van der Waals surface area contributed by atoms with E-state index in [9.17, 15) is 14.9 Å².